The van der Waals surface area contributed by atoms with Crippen molar-refractivity contribution in [2.24, 2.45) is 0 Å². The van der Waals surface area contributed by atoms with Crippen molar-refractivity contribution in [1.82, 2.24) is 0 Å². The van der Waals surface area contributed by atoms with E-state index < -0.39 is 8.38 Å². The summed E-state index contributed by atoms with van der Waals surface area (Å²) in [6, 6.07) is 0. The minimum absolute atomic E-state index is 0.399. The van der Waals surface area contributed by atoms with Crippen LogP contribution in [-0.4, -0.2) is 15.9 Å². The summed E-state index contributed by atoms with van der Waals surface area (Å²) in [5, 5.41) is 0. The third-order valence-electron chi connectivity index (χ3n) is 1.69. The lowest BCUT2D eigenvalue weighted by Crippen LogP contribution is -1.81. The normalized spacial score (nSPS) is 12.0. The van der Waals surface area contributed by atoms with Gasteiger partial charge in [-0.2, -0.15) is 0 Å². The Kier molecular flexibility index (Phi) is 7.16. The topological polar surface area (TPSA) is 40.5 Å². The molecule has 2 N–H and O–H groups in total. The highest BCUT2D eigenvalue weighted by molar-refractivity contribution is 7.45. The zero-order chi connectivity index (χ0) is 10.3. The van der Waals surface area contributed by atoms with Crippen LogP contribution in [0.25, 0.3) is 0 Å². The summed E-state index contributed by atoms with van der Waals surface area (Å²) in [6.45, 7) is 6.19. The quantitative estimate of drug-likeness (QED) is 0.531. The smallest absolute Gasteiger partial charge is 0.168 e. The maximum atomic E-state index is 8.68. The summed E-state index contributed by atoms with van der Waals surface area (Å²) in [6.07, 6.45) is 6.55. The van der Waals surface area contributed by atoms with Crippen LogP contribution >= 0.6 is 8.38 Å². The second-order valence-electron chi connectivity index (χ2n) is 3.43. The van der Waals surface area contributed by atoms with Crippen molar-refractivity contribution >= 4 is 8.38 Å². The fraction of sp³-hybridized carbons (Fsp3) is 0.600. The molecule has 0 bridgehead atoms. The van der Waals surface area contributed by atoms with E-state index in [0.29, 0.717) is 6.16 Å². The Bertz CT molecular complexity index is 191. The molecule has 0 saturated heterocycles. The molecule has 3 heteroatoms. The largest absolute Gasteiger partial charge is 0.350 e. The van der Waals surface area contributed by atoms with Crippen LogP contribution in [0.1, 0.15) is 33.6 Å². The molecule has 0 amide bonds. The third-order valence-corrected chi connectivity index (χ3v) is 2.20. The first-order chi connectivity index (χ1) is 6.02. The maximum absolute atomic E-state index is 8.68. The van der Waals surface area contributed by atoms with Gasteiger partial charge in [0.25, 0.3) is 0 Å². The Morgan fingerprint density at radius 3 is 2.23 bits per heavy atom. The molecule has 0 rings (SSSR count). The van der Waals surface area contributed by atoms with E-state index in [9.17, 15) is 0 Å². The lowest BCUT2D eigenvalue weighted by atomic mass is 10.1. The lowest BCUT2D eigenvalue weighted by molar-refractivity contribution is 0.487. The van der Waals surface area contributed by atoms with Gasteiger partial charge < -0.3 is 9.79 Å². The molecule has 0 fully saturated rings. The van der Waals surface area contributed by atoms with Crippen LogP contribution in [0.4, 0.5) is 0 Å². The average molecular weight is 202 g/mol. The molecule has 2 nitrogen and oxygen atoms in total. The number of rotatable bonds is 5. The highest BCUT2D eigenvalue weighted by Crippen LogP contribution is 2.23. The van der Waals surface area contributed by atoms with E-state index in [0.717, 1.165) is 12.8 Å². The summed E-state index contributed by atoms with van der Waals surface area (Å²) < 4.78 is 0. The molecule has 13 heavy (non-hydrogen) atoms. The van der Waals surface area contributed by atoms with E-state index >= 15 is 0 Å². The second kappa shape index (κ2) is 7.25. The van der Waals surface area contributed by atoms with Gasteiger partial charge in [0.1, 0.15) is 0 Å². The van der Waals surface area contributed by atoms with Gasteiger partial charge in [-0.15, -0.1) is 0 Å². The minimum atomic E-state index is -1.75. The molecule has 0 aliphatic heterocycles. The van der Waals surface area contributed by atoms with E-state index in [1.165, 1.54) is 11.1 Å². The molecule has 0 unspecified atom stereocenters. The van der Waals surface area contributed by atoms with Gasteiger partial charge in [-0.25, -0.2) is 0 Å². The van der Waals surface area contributed by atoms with Crippen LogP contribution in [0.15, 0.2) is 23.3 Å². The molecule has 0 radical (unpaired) electrons. The first kappa shape index (κ1) is 12.8. The minimum Gasteiger partial charge on any atom is -0.350 e. The van der Waals surface area contributed by atoms with E-state index in [1.54, 1.807) is 0 Å². The van der Waals surface area contributed by atoms with Gasteiger partial charge in [0.05, 0.1) is 0 Å². The molecular weight excluding hydrogens is 183 g/mol. The van der Waals surface area contributed by atoms with Crippen molar-refractivity contribution in [1.29, 1.82) is 0 Å². The van der Waals surface area contributed by atoms with Gasteiger partial charge >= 0.3 is 0 Å². The fourth-order valence-corrected chi connectivity index (χ4v) is 1.40. The molecular formula is C10H19O2P. The number of hydrogen-bond donors (Lipinski definition) is 2. The van der Waals surface area contributed by atoms with Crippen LogP contribution in [0, 0.1) is 0 Å². The van der Waals surface area contributed by atoms with Gasteiger partial charge in [0.2, 0.25) is 0 Å². The first-order valence-electron chi connectivity index (χ1n) is 4.46. The van der Waals surface area contributed by atoms with Gasteiger partial charge in [-0.05, 0) is 33.6 Å². The Balaban J connectivity index is 3.67. The molecule has 0 aromatic heterocycles. The van der Waals surface area contributed by atoms with Crippen LogP contribution in [-0.2, 0) is 0 Å². The van der Waals surface area contributed by atoms with Crippen molar-refractivity contribution in [2.45, 2.75) is 33.6 Å². The molecule has 0 aromatic carbocycles. The summed E-state index contributed by atoms with van der Waals surface area (Å²) >= 11 is 0. The molecule has 0 spiro atoms. The Labute approximate surface area is 81.9 Å². The molecule has 0 heterocycles. The summed E-state index contributed by atoms with van der Waals surface area (Å²) in [5.41, 5.74) is 2.56. The maximum Gasteiger partial charge on any atom is 0.168 e. The highest BCUT2D eigenvalue weighted by atomic mass is 31.2. The molecule has 76 valence electrons. The van der Waals surface area contributed by atoms with E-state index in [1.807, 2.05) is 13.0 Å². The Morgan fingerprint density at radius 1 is 1.15 bits per heavy atom. The number of hydrogen-bond acceptors (Lipinski definition) is 2. The predicted octanol–water partition coefficient (Wildman–Crippen LogP) is 2.98. The molecule has 0 aliphatic rings. The van der Waals surface area contributed by atoms with E-state index in [2.05, 4.69) is 19.9 Å². The van der Waals surface area contributed by atoms with Crippen LogP contribution < -0.4 is 0 Å². The third kappa shape index (κ3) is 9.75. The van der Waals surface area contributed by atoms with Crippen LogP contribution in [0.3, 0.4) is 0 Å². The average Bonchev–Trinajstić information content (AvgIpc) is 2.00. The SMILES string of the molecule is CC(C)=CCC/C(C)=C/CP(O)O. The number of allylic oxidation sites excluding steroid dienone is 4. The molecule has 0 atom stereocenters. The van der Waals surface area contributed by atoms with Gasteiger partial charge in [-0.3, -0.25) is 0 Å². The van der Waals surface area contributed by atoms with Crippen molar-refractivity contribution in [2.75, 3.05) is 6.16 Å². The monoisotopic (exact) mass is 202 g/mol. The first-order valence-corrected chi connectivity index (χ1v) is 5.90. The van der Waals surface area contributed by atoms with Crippen molar-refractivity contribution in [3.05, 3.63) is 23.3 Å². The van der Waals surface area contributed by atoms with Crippen molar-refractivity contribution in [3.63, 3.8) is 0 Å². The summed E-state index contributed by atoms with van der Waals surface area (Å²) in [5.74, 6) is 0. The second-order valence-corrected chi connectivity index (χ2v) is 4.54. The molecule has 0 aromatic rings. The zero-order valence-electron chi connectivity index (χ0n) is 8.62. The Hall–Kier alpha value is -0.170. The molecule has 0 saturated carbocycles. The Morgan fingerprint density at radius 2 is 1.77 bits per heavy atom. The standard InChI is InChI=1S/C10H19O2P/c1-9(2)5-4-6-10(3)7-8-13(11)12/h5,7,11-12H,4,6,8H2,1-3H3/b10-7+. The van der Waals surface area contributed by atoms with Gasteiger partial charge in [0, 0.05) is 6.16 Å². The summed E-state index contributed by atoms with van der Waals surface area (Å²) in [7, 11) is -1.75. The van der Waals surface area contributed by atoms with E-state index in [4.69, 9.17) is 9.79 Å². The van der Waals surface area contributed by atoms with Crippen LogP contribution in [0.5, 0.6) is 0 Å². The molecule has 0 aliphatic carbocycles. The van der Waals surface area contributed by atoms with Gasteiger partial charge in [0.15, 0.2) is 8.38 Å². The summed E-state index contributed by atoms with van der Waals surface area (Å²) in [4.78, 5) is 17.4. The lowest BCUT2D eigenvalue weighted by Gasteiger charge is -2.00. The van der Waals surface area contributed by atoms with Crippen molar-refractivity contribution in [3.8, 4) is 0 Å². The fourth-order valence-electron chi connectivity index (χ4n) is 0.928. The highest BCUT2D eigenvalue weighted by Gasteiger charge is 1.94. The van der Waals surface area contributed by atoms with Gasteiger partial charge in [-0.1, -0.05) is 23.3 Å². The predicted molar refractivity (Wildman–Crippen MR) is 58.6 cm³/mol. The zero-order valence-corrected chi connectivity index (χ0v) is 9.51. The van der Waals surface area contributed by atoms with Crippen molar-refractivity contribution < 1.29 is 9.79 Å². The van der Waals surface area contributed by atoms with Crippen LogP contribution in [0.2, 0.25) is 0 Å². The van der Waals surface area contributed by atoms with E-state index in [-0.39, 0.29) is 0 Å².